The standard InChI is InChI=1S/C13H9ClFNO/c14-10-1-4-12(5-2-10)16-8-9-7-11(15)3-6-13(9)17/h1-8,17H. The Morgan fingerprint density at radius 3 is 2.53 bits per heavy atom. The van der Waals surface area contributed by atoms with E-state index in [-0.39, 0.29) is 5.75 Å². The van der Waals surface area contributed by atoms with E-state index in [0.29, 0.717) is 16.3 Å². The predicted molar refractivity (Wildman–Crippen MR) is 66.8 cm³/mol. The fourth-order valence-corrected chi connectivity index (χ4v) is 1.43. The first-order valence-electron chi connectivity index (χ1n) is 4.93. The number of aromatic hydroxyl groups is 1. The van der Waals surface area contributed by atoms with Crippen molar-refractivity contribution in [3.63, 3.8) is 0 Å². The third kappa shape index (κ3) is 3.04. The van der Waals surface area contributed by atoms with Crippen LogP contribution in [0.3, 0.4) is 0 Å². The average molecular weight is 250 g/mol. The molecule has 0 unspecified atom stereocenters. The van der Waals surface area contributed by atoms with Crippen LogP contribution < -0.4 is 0 Å². The second-order valence-corrected chi connectivity index (χ2v) is 3.87. The van der Waals surface area contributed by atoms with Crippen LogP contribution in [0.25, 0.3) is 0 Å². The van der Waals surface area contributed by atoms with E-state index in [4.69, 9.17) is 11.6 Å². The number of benzene rings is 2. The maximum Gasteiger partial charge on any atom is 0.124 e. The van der Waals surface area contributed by atoms with E-state index in [1.165, 1.54) is 24.4 Å². The average Bonchev–Trinajstić information content (AvgIpc) is 2.32. The van der Waals surface area contributed by atoms with E-state index in [9.17, 15) is 9.50 Å². The van der Waals surface area contributed by atoms with Crippen LogP contribution in [-0.4, -0.2) is 11.3 Å². The zero-order chi connectivity index (χ0) is 12.3. The molecule has 0 aliphatic rings. The smallest absolute Gasteiger partial charge is 0.124 e. The van der Waals surface area contributed by atoms with Crippen LogP contribution >= 0.6 is 11.6 Å². The lowest BCUT2D eigenvalue weighted by Crippen LogP contribution is -1.84. The Kier molecular flexibility index (Phi) is 3.40. The molecule has 1 N–H and O–H groups in total. The van der Waals surface area contributed by atoms with Crippen LogP contribution in [0.5, 0.6) is 5.75 Å². The lowest BCUT2D eigenvalue weighted by molar-refractivity contribution is 0.472. The molecule has 17 heavy (non-hydrogen) atoms. The van der Waals surface area contributed by atoms with Crippen molar-refractivity contribution in [1.29, 1.82) is 0 Å². The number of halogens is 2. The summed E-state index contributed by atoms with van der Waals surface area (Å²) < 4.78 is 12.9. The normalized spacial score (nSPS) is 10.9. The Balaban J connectivity index is 2.25. The fraction of sp³-hybridized carbons (Fsp3) is 0. The summed E-state index contributed by atoms with van der Waals surface area (Å²) in [5, 5.41) is 10.1. The van der Waals surface area contributed by atoms with Gasteiger partial charge in [-0.1, -0.05) is 11.6 Å². The summed E-state index contributed by atoms with van der Waals surface area (Å²) in [6.45, 7) is 0. The molecule has 0 spiro atoms. The highest BCUT2D eigenvalue weighted by Crippen LogP contribution is 2.19. The molecule has 0 amide bonds. The first-order chi connectivity index (χ1) is 8.15. The van der Waals surface area contributed by atoms with Gasteiger partial charge in [-0.2, -0.15) is 0 Å². The van der Waals surface area contributed by atoms with Gasteiger partial charge in [0.1, 0.15) is 11.6 Å². The van der Waals surface area contributed by atoms with E-state index >= 15 is 0 Å². The number of aliphatic imine (C=N–C) groups is 1. The van der Waals surface area contributed by atoms with Crippen molar-refractivity contribution < 1.29 is 9.50 Å². The van der Waals surface area contributed by atoms with E-state index in [2.05, 4.69) is 4.99 Å². The molecule has 2 rings (SSSR count). The molecular formula is C13H9ClFNO. The van der Waals surface area contributed by atoms with Crippen LogP contribution in [0.4, 0.5) is 10.1 Å². The third-order valence-corrected chi connectivity index (χ3v) is 2.42. The molecule has 0 radical (unpaired) electrons. The van der Waals surface area contributed by atoms with Gasteiger partial charge in [-0.05, 0) is 42.5 Å². The van der Waals surface area contributed by atoms with Crippen LogP contribution in [0.2, 0.25) is 5.02 Å². The zero-order valence-corrected chi connectivity index (χ0v) is 9.53. The van der Waals surface area contributed by atoms with Crippen LogP contribution in [0.1, 0.15) is 5.56 Å². The second kappa shape index (κ2) is 4.97. The zero-order valence-electron chi connectivity index (χ0n) is 8.77. The maximum absolute atomic E-state index is 12.9. The van der Waals surface area contributed by atoms with Gasteiger partial charge in [0.25, 0.3) is 0 Å². The molecule has 4 heteroatoms. The summed E-state index contributed by atoms with van der Waals surface area (Å²) >= 11 is 5.73. The number of phenolic OH excluding ortho intramolecular Hbond substituents is 1. The fourth-order valence-electron chi connectivity index (χ4n) is 1.30. The molecule has 2 nitrogen and oxygen atoms in total. The Labute approximate surface area is 103 Å². The van der Waals surface area contributed by atoms with E-state index < -0.39 is 5.82 Å². The molecule has 0 fully saturated rings. The minimum Gasteiger partial charge on any atom is -0.507 e. The summed E-state index contributed by atoms with van der Waals surface area (Å²) in [4.78, 5) is 4.11. The van der Waals surface area contributed by atoms with Gasteiger partial charge in [-0.3, -0.25) is 4.99 Å². The van der Waals surface area contributed by atoms with Gasteiger partial charge in [0.2, 0.25) is 0 Å². The summed E-state index contributed by atoms with van der Waals surface area (Å²) in [5.74, 6) is -0.426. The molecule has 0 heterocycles. The predicted octanol–water partition coefficient (Wildman–Crippen LogP) is 3.94. The van der Waals surface area contributed by atoms with Gasteiger partial charge in [0, 0.05) is 16.8 Å². The highest BCUT2D eigenvalue weighted by Gasteiger charge is 1.99. The molecule has 0 saturated carbocycles. The molecule has 0 aliphatic heterocycles. The number of hydrogen-bond donors (Lipinski definition) is 1. The Morgan fingerprint density at radius 2 is 1.82 bits per heavy atom. The van der Waals surface area contributed by atoms with Crippen LogP contribution in [0, 0.1) is 5.82 Å². The van der Waals surface area contributed by atoms with Crippen molar-refractivity contribution in [3.8, 4) is 5.75 Å². The number of hydrogen-bond acceptors (Lipinski definition) is 2. The number of nitrogens with zero attached hydrogens (tertiary/aromatic N) is 1. The highest BCUT2D eigenvalue weighted by atomic mass is 35.5. The summed E-state index contributed by atoms with van der Waals surface area (Å²) in [5.41, 5.74) is 1.01. The lowest BCUT2D eigenvalue weighted by atomic mass is 10.2. The van der Waals surface area contributed by atoms with Gasteiger partial charge in [0.15, 0.2) is 0 Å². The largest absolute Gasteiger partial charge is 0.507 e. The molecule has 0 aliphatic carbocycles. The van der Waals surface area contributed by atoms with E-state index in [1.54, 1.807) is 24.3 Å². The lowest BCUT2D eigenvalue weighted by Gasteiger charge is -1.98. The van der Waals surface area contributed by atoms with Gasteiger partial charge in [0.05, 0.1) is 5.69 Å². The van der Waals surface area contributed by atoms with E-state index in [1.807, 2.05) is 0 Å². The maximum atomic E-state index is 12.9. The van der Waals surface area contributed by atoms with Crippen molar-refractivity contribution in [2.45, 2.75) is 0 Å². The molecule has 2 aromatic carbocycles. The van der Waals surface area contributed by atoms with Gasteiger partial charge in [-0.25, -0.2) is 4.39 Å². The van der Waals surface area contributed by atoms with Crippen molar-refractivity contribution >= 4 is 23.5 Å². The molecule has 0 bridgehead atoms. The topological polar surface area (TPSA) is 32.6 Å². The van der Waals surface area contributed by atoms with Crippen LogP contribution in [0.15, 0.2) is 47.5 Å². The van der Waals surface area contributed by atoms with Crippen molar-refractivity contribution in [2.75, 3.05) is 0 Å². The van der Waals surface area contributed by atoms with Crippen molar-refractivity contribution in [2.24, 2.45) is 4.99 Å². The monoisotopic (exact) mass is 249 g/mol. The van der Waals surface area contributed by atoms with Gasteiger partial charge in [-0.15, -0.1) is 0 Å². The molecule has 0 atom stereocenters. The minimum absolute atomic E-state index is 0.0101. The van der Waals surface area contributed by atoms with Crippen molar-refractivity contribution in [3.05, 3.63) is 58.9 Å². The van der Waals surface area contributed by atoms with Gasteiger partial charge < -0.3 is 5.11 Å². The first kappa shape index (κ1) is 11.6. The SMILES string of the molecule is Oc1ccc(F)cc1C=Nc1ccc(Cl)cc1. The van der Waals surface area contributed by atoms with E-state index in [0.717, 1.165) is 0 Å². The molecule has 0 aromatic heterocycles. The second-order valence-electron chi connectivity index (χ2n) is 3.44. The number of phenols is 1. The quantitative estimate of drug-likeness (QED) is 0.804. The Bertz CT molecular complexity index is 552. The summed E-state index contributed by atoms with van der Waals surface area (Å²) in [6, 6.07) is 10.6. The highest BCUT2D eigenvalue weighted by molar-refractivity contribution is 6.30. The Morgan fingerprint density at radius 1 is 1.12 bits per heavy atom. The van der Waals surface area contributed by atoms with Crippen LogP contribution in [-0.2, 0) is 0 Å². The molecule has 2 aromatic rings. The number of rotatable bonds is 2. The Hall–Kier alpha value is -1.87. The molecule has 0 saturated heterocycles. The van der Waals surface area contributed by atoms with Crippen molar-refractivity contribution in [1.82, 2.24) is 0 Å². The summed E-state index contributed by atoms with van der Waals surface area (Å²) in [6.07, 6.45) is 1.40. The minimum atomic E-state index is -0.416. The third-order valence-electron chi connectivity index (χ3n) is 2.17. The molecule has 86 valence electrons. The molecular weight excluding hydrogens is 241 g/mol. The summed E-state index contributed by atoms with van der Waals surface area (Å²) in [7, 11) is 0. The first-order valence-corrected chi connectivity index (χ1v) is 5.31. The van der Waals surface area contributed by atoms with Gasteiger partial charge >= 0.3 is 0 Å².